The van der Waals surface area contributed by atoms with Crippen molar-refractivity contribution in [2.45, 2.75) is 39.5 Å². The van der Waals surface area contributed by atoms with Gasteiger partial charge in [0.1, 0.15) is 5.82 Å². The van der Waals surface area contributed by atoms with E-state index in [1.807, 2.05) is 12.4 Å². The summed E-state index contributed by atoms with van der Waals surface area (Å²) >= 11 is 1.72. The Morgan fingerprint density at radius 1 is 1.42 bits per heavy atom. The number of thiazole rings is 1. The highest BCUT2D eigenvalue weighted by Gasteiger charge is 2.19. The van der Waals surface area contributed by atoms with Crippen LogP contribution >= 0.6 is 11.3 Å². The average molecular weight is 277 g/mol. The highest BCUT2D eigenvalue weighted by atomic mass is 32.1. The number of nitrogens with zero attached hydrogens (tertiary/aromatic N) is 4. The zero-order valence-electron chi connectivity index (χ0n) is 11.3. The van der Waals surface area contributed by atoms with Crippen LogP contribution in [0.2, 0.25) is 0 Å². The normalized spacial score (nSPS) is 15.0. The van der Waals surface area contributed by atoms with Crippen LogP contribution in [0.25, 0.3) is 0 Å². The first-order valence-electron chi connectivity index (χ1n) is 6.65. The third-order valence-corrected chi connectivity index (χ3v) is 4.20. The van der Waals surface area contributed by atoms with Gasteiger partial charge in [0.2, 0.25) is 0 Å². The summed E-state index contributed by atoms with van der Waals surface area (Å²) in [5.74, 6) is 1.13. The Morgan fingerprint density at radius 3 is 3.16 bits per heavy atom. The molecule has 1 aliphatic rings. The Morgan fingerprint density at radius 2 is 2.32 bits per heavy atom. The van der Waals surface area contributed by atoms with Crippen LogP contribution in [-0.4, -0.2) is 27.1 Å². The van der Waals surface area contributed by atoms with Crippen molar-refractivity contribution in [1.82, 2.24) is 19.9 Å². The molecule has 2 aromatic heterocycles. The lowest BCUT2D eigenvalue weighted by molar-refractivity contribution is 0.556. The van der Waals surface area contributed by atoms with Gasteiger partial charge < -0.3 is 14.8 Å². The molecule has 102 valence electrons. The van der Waals surface area contributed by atoms with E-state index in [4.69, 9.17) is 4.98 Å². The molecule has 0 aliphatic carbocycles. The van der Waals surface area contributed by atoms with Crippen LogP contribution < -0.4 is 10.2 Å². The Balaban J connectivity index is 1.67. The summed E-state index contributed by atoms with van der Waals surface area (Å²) < 4.78 is 2.21. The molecule has 0 bridgehead atoms. The van der Waals surface area contributed by atoms with E-state index >= 15 is 0 Å². The molecule has 19 heavy (non-hydrogen) atoms. The van der Waals surface area contributed by atoms with E-state index in [1.165, 1.54) is 0 Å². The minimum Gasteiger partial charge on any atom is -0.339 e. The monoisotopic (exact) mass is 277 g/mol. The Kier molecular flexibility index (Phi) is 3.52. The molecular weight excluding hydrogens is 258 g/mol. The van der Waals surface area contributed by atoms with Crippen LogP contribution in [0, 0.1) is 0 Å². The van der Waals surface area contributed by atoms with Crippen LogP contribution in [0.3, 0.4) is 0 Å². The molecule has 0 unspecified atom stereocenters. The molecule has 0 fully saturated rings. The zero-order valence-corrected chi connectivity index (χ0v) is 12.2. The van der Waals surface area contributed by atoms with Crippen LogP contribution in [0.15, 0.2) is 17.8 Å². The molecule has 1 N–H and O–H groups in total. The molecular formula is C13H19N5S. The predicted molar refractivity (Wildman–Crippen MR) is 77.4 cm³/mol. The summed E-state index contributed by atoms with van der Waals surface area (Å²) in [6.07, 6.45) is 3.92. The fourth-order valence-corrected chi connectivity index (χ4v) is 3.02. The number of anilines is 1. The molecule has 0 spiro atoms. The third kappa shape index (κ3) is 2.79. The summed E-state index contributed by atoms with van der Waals surface area (Å²) in [5.41, 5.74) is 1.13. The van der Waals surface area contributed by atoms with Gasteiger partial charge in [-0.05, 0) is 0 Å². The lowest BCUT2D eigenvalue weighted by Gasteiger charge is -2.27. The largest absolute Gasteiger partial charge is 0.339 e. The molecule has 1 aliphatic heterocycles. The maximum Gasteiger partial charge on any atom is 0.186 e. The Hall–Kier alpha value is -1.40. The first kappa shape index (κ1) is 12.6. The maximum absolute atomic E-state index is 4.71. The van der Waals surface area contributed by atoms with Crippen molar-refractivity contribution in [3.63, 3.8) is 0 Å². The zero-order chi connectivity index (χ0) is 13.2. The van der Waals surface area contributed by atoms with Gasteiger partial charge in [0.15, 0.2) is 5.13 Å². The van der Waals surface area contributed by atoms with Gasteiger partial charge in [-0.25, -0.2) is 9.97 Å². The predicted octanol–water partition coefficient (Wildman–Crippen LogP) is 1.86. The van der Waals surface area contributed by atoms with E-state index in [2.05, 4.69) is 39.0 Å². The maximum atomic E-state index is 4.71. The number of imidazole rings is 1. The Bertz CT molecular complexity index is 545. The van der Waals surface area contributed by atoms with Gasteiger partial charge in [-0.15, -0.1) is 11.3 Å². The van der Waals surface area contributed by atoms with Crippen LogP contribution in [0.4, 0.5) is 5.13 Å². The van der Waals surface area contributed by atoms with Crippen LogP contribution in [-0.2, 0) is 19.6 Å². The molecule has 3 heterocycles. The quantitative estimate of drug-likeness (QED) is 0.926. The molecule has 5 nitrogen and oxygen atoms in total. The molecule has 6 heteroatoms. The first-order chi connectivity index (χ1) is 9.22. The van der Waals surface area contributed by atoms with Crippen molar-refractivity contribution in [3.8, 4) is 0 Å². The average Bonchev–Trinajstić information content (AvgIpc) is 3.04. The number of aromatic nitrogens is 3. The van der Waals surface area contributed by atoms with Gasteiger partial charge >= 0.3 is 0 Å². The van der Waals surface area contributed by atoms with Crippen molar-refractivity contribution in [2.75, 3.05) is 11.4 Å². The van der Waals surface area contributed by atoms with Gasteiger partial charge in [0.05, 0.1) is 12.2 Å². The first-order valence-corrected chi connectivity index (χ1v) is 7.53. The summed E-state index contributed by atoms with van der Waals surface area (Å²) in [6.45, 7) is 8.01. The van der Waals surface area contributed by atoms with Crippen molar-refractivity contribution in [3.05, 3.63) is 29.3 Å². The molecule has 0 atom stereocenters. The number of fused-ring (bicyclic) bond motifs is 1. The lowest BCUT2D eigenvalue weighted by atomic mass is 10.3. The highest BCUT2D eigenvalue weighted by Crippen LogP contribution is 2.24. The van der Waals surface area contributed by atoms with E-state index in [0.29, 0.717) is 6.04 Å². The Labute approximate surface area is 117 Å². The number of hydrogen-bond donors (Lipinski definition) is 1. The smallest absolute Gasteiger partial charge is 0.186 e. The van der Waals surface area contributed by atoms with Crippen molar-refractivity contribution in [2.24, 2.45) is 0 Å². The van der Waals surface area contributed by atoms with E-state index in [1.54, 1.807) is 11.3 Å². The van der Waals surface area contributed by atoms with Crippen molar-refractivity contribution >= 4 is 16.5 Å². The SMILES string of the molecule is CC(C)NCc1csc(N2CCn3ccnc3C2)n1. The summed E-state index contributed by atoms with van der Waals surface area (Å²) in [5, 5.41) is 6.65. The van der Waals surface area contributed by atoms with E-state index in [0.717, 1.165) is 42.8 Å². The summed E-state index contributed by atoms with van der Waals surface area (Å²) in [4.78, 5) is 11.4. The summed E-state index contributed by atoms with van der Waals surface area (Å²) in [7, 11) is 0. The summed E-state index contributed by atoms with van der Waals surface area (Å²) in [6, 6.07) is 0.493. The number of hydrogen-bond acceptors (Lipinski definition) is 5. The van der Waals surface area contributed by atoms with Gasteiger partial charge in [-0.2, -0.15) is 0 Å². The standard InChI is InChI=1S/C13H19N5S/c1-10(2)15-7-11-9-19-13(16-11)18-6-5-17-4-3-14-12(17)8-18/h3-4,9-10,15H,5-8H2,1-2H3. The van der Waals surface area contributed by atoms with E-state index in [-0.39, 0.29) is 0 Å². The highest BCUT2D eigenvalue weighted by molar-refractivity contribution is 7.13. The minimum absolute atomic E-state index is 0.493. The third-order valence-electron chi connectivity index (χ3n) is 3.25. The second-order valence-corrected chi connectivity index (χ2v) is 5.95. The van der Waals surface area contributed by atoms with Crippen LogP contribution in [0.5, 0.6) is 0 Å². The second kappa shape index (κ2) is 5.30. The molecule has 0 saturated carbocycles. The molecule has 0 saturated heterocycles. The topological polar surface area (TPSA) is 46.0 Å². The van der Waals surface area contributed by atoms with Crippen molar-refractivity contribution < 1.29 is 0 Å². The second-order valence-electron chi connectivity index (χ2n) is 5.12. The molecule has 0 amide bonds. The number of rotatable bonds is 4. The molecule has 0 aromatic carbocycles. The van der Waals surface area contributed by atoms with Gasteiger partial charge in [-0.1, -0.05) is 13.8 Å². The van der Waals surface area contributed by atoms with Gasteiger partial charge in [0, 0.05) is 43.4 Å². The fraction of sp³-hybridized carbons (Fsp3) is 0.538. The van der Waals surface area contributed by atoms with E-state index in [9.17, 15) is 0 Å². The molecule has 3 rings (SSSR count). The van der Waals surface area contributed by atoms with Gasteiger partial charge in [-0.3, -0.25) is 0 Å². The van der Waals surface area contributed by atoms with Crippen LogP contribution in [0.1, 0.15) is 25.4 Å². The minimum atomic E-state index is 0.493. The molecule has 2 aromatic rings. The van der Waals surface area contributed by atoms with E-state index < -0.39 is 0 Å². The van der Waals surface area contributed by atoms with Gasteiger partial charge in [0.25, 0.3) is 0 Å². The van der Waals surface area contributed by atoms with Crippen molar-refractivity contribution in [1.29, 1.82) is 0 Å². The fourth-order valence-electron chi connectivity index (χ4n) is 2.17. The lowest BCUT2D eigenvalue weighted by Crippen LogP contribution is -2.33. The molecule has 0 radical (unpaired) electrons. The number of nitrogens with one attached hydrogen (secondary N) is 1.